The lowest BCUT2D eigenvalue weighted by Gasteiger charge is -2.54. The lowest BCUT2D eigenvalue weighted by atomic mass is 9.53. The second-order valence-electron chi connectivity index (χ2n) is 12.3. The molecule has 0 N–H and O–H groups in total. The summed E-state index contributed by atoms with van der Waals surface area (Å²) in [7, 11) is -0.396. The van der Waals surface area contributed by atoms with Crippen molar-refractivity contribution in [3.8, 4) is 5.75 Å². The number of methoxy groups -OCH3 is 2. The predicted molar refractivity (Wildman–Crippen MR) is 154 cm³/mol. The molecule has 0 spiro atoms. The van der Waals surface area contributed by atoms with Crippen molar-refractivity contribution in [1.29, 1.82) is 0 Å². The lowest BCUT2D eigenvalue weighted by Crippen LogP contribution is -2.53. The number of rotatable bonds is 7. The van der Waals surface area contributed by atoms with Crippen molar-refractivity contribution in [3.05, 3.63) is 59.2 Å². The van der Waals surface area contributed by atoms with Crippen LogP contribution in [0.3, 0.4) is 0 Å². The Kier molecular flexibility index (Phi) is 7.62. The Bertz CT molecular complexity index is 1330. The van der Waals surface area contributed by atoms with Gasteiger partial charge in [0.2, 0.25) is 5.90 Å². The van der Waals surface area contributed by atoms with E-state index in [1.54, 1.807) is 38.5 Å². The number of ether oxygens (including phenoxy) is 3. The summed E-state index contributed by atoms with van der Waals surface area (Å²) in [5.74, 6) is 2.82. The molecule has 2 fully saturated rings. The van der Waals surface area contributed by atoms with Gasteiger partial charge in [0.05, 0.1) is 30.1 Å². The summed E-state index contributed by atoms with van der Waals surface area (Å²) in [6.45, 7) is 8.12. The molecule has 2 aromatic carbocycles. The van der Waals surface area contributed by atoms with Gasteiger partial charge in [0.15, 0.2) is 0 Å². The topological polar surface area (TPSA) is 74.2 Å². The minimum absolute atomic E-state index is 0.0956. The van der Waals surface area contributed by atoms with E-state index in [0.717, 1.165) is 49.8 Å². The van der Waals surface area contributed by atoms with E-state index in [-0.39, 0.29) is 22.3 Å². The van der Waals surface area contributed by atoms with Crippen molar-refractivity contribution in [2.45, 2.75) is 95.2 Å². The number of hydrogen-bond acceptors (Lipinski definition) is 5. The average Bonchev–Trinajstić information content (AvgIpc) is 3.19. The van der Waals surface area contributed by atoms with Gasteiger partial charge in [0, 0.05) is 12.5 Å². The second-order valence-corrected chi connectivity index (χ2v) is 13.9. The fourth-order valence-corrected chi connectivity index (χ4v) is 8.95. The highest BCUT2D eigenvalue weighted by atomic mass is 32.2. The van der Waals surface area contributed by atoms with Crippen molar-refractivity contribution in [3.63, 3.8) is 0 Å². The van der Waals surface area contributed by atoms with Crippen molar-refractivity contribution >= 4 is 15.9 Å². The number of fused-ring (bicyclic) bond motifs is 5. The Morgan fingerprint density at radius 1 is 1.05 bits per heavy atom. The molecule has 0 aliphatic heterocycles. The van der Waals surface area contributed by atoms with E-state index < -0.39 is 15.6 Å². The predicted octanol–water partition coefficient (Wildman–Crippen LogP) is 6.85. The summed E-state index contributed by atoms with van der Waals surface area (Å²) in [4.78, 5) is 0.179. The molecular formula is C32H43NO5S. The molecule has 212 valence electrons. The van der Waals surface area contributed by atoms with E-state index in [2.05, 4.69) is 29.5 Å². The summed E-state index contributed by atoms with van der Waals surface area (Å²) in [5, 5.41) is 0. The standard InChI is InChI=1S/C32H43NO5S/c1-21(2)38-30(33-39(34,35)25-11-7-22(3)8-12-25)20-32(37-6)18-16-29-28-13-9-23-19-24(36-5)10-14-26(23)27(28)15-17-31(29,32)4/h7-8,10-12,14,19,21,27-29H,9,13,15-18,20H2,1-6H3/t27-,28-,29+,31+,32-/m1/s1. The third-order valence-electron chi connectivity index (χ3n) is 9.96. The Balaban J connectivity index is 1.45. The Morgan fingerprint density at radius 2 is 1.79 bits per heavy atom. The molecule has 0 saturated heterocycles. The van der Waals surface area contributed by atoms with Crippen molar-refractivity contribution in [2.75, 3.05) is 14.2 Å². The van der Waals surface area contributed by atoms with Crippen LogP contribution in [0, 0.1) is 24.2 Å². The van der Waals surface area contributed by atoms with Gasteiger partial charge >= 0.3 is 0 Å². The number of sulfonamides is 1. The van der Waals surface area contributed by atoms with Gasteiger partial charge in [-0.05, 0) is 112 Å². The van der Waals surface area contributed by atoms with E-state index in [0.29, 0.717) is 24.2 Å². The van der Waals surface area contributed by atoms with E-state index in [4.69, 9.17) is 14.2 Å². The van der Waals surface area contributed by atoms with Crippen LogP contribution < -0.4 is 4.74 Å². The molecule has 0 aromatic heterocycles. The molecule has 6 nitrogen and oxygen atoms in total. The van der Waals surface area contributed by atoms with Crippen LogP contribution in [0.1, 0.15) is 81.9 Å². The smallest absolute Gasteiger partial charge is 0.285 e. The maximum Gasteiger partial charge on any atom is 0.285 e. The van der Waals surface area contributed by atoms with E-state index in [9.17, 15) is 8.42 Å². The molecule has 0 amide bonds. The number of benzene rings is 2. The summed E-state index contributed by atoms with van der Waals surface area (Å²) in [5.41, 5.74) is 3.29. The van der Waals surface area contributed by atoms with E-state index in [1.165, 1.54) is 11.1 Å². The normalized spacial score (nSPS) is 30.4. The van der Waals surface area contributed by atoms with Gasteiger partial charge in [-0.2, -0.15) is 8.42 Å². The SMILES string of the molecule is COc1ccc2c(c1)CC[C@@H]1[C@@H]2CC[C@@]2(C)[C@H]1CC[C@]2(CC(=NS(=O)(=O)c1ccc(C)cc1)OC(C)C)OC. The van der Waals surface area contributed by atoms with Gasteiger partial charge in [-0.15, -0.1) is 4.40 Å². The Morgan fingerprint density at radius 3 is 2.46 bits per heavy atom. The van der Waals surface area contributed by atoms with Crippen LogP contribution in [0.4, 0.5) is 0 Å². The first kappa shape index (κ1) is 28.2. The molecule has 7 heteroatoms. The average molecular weight is 554 g/mol. The zero-order valence-electron chi connectivity index (χ0n) is 24.2. The highest BCUT2D eigenvalue weighted by Gasteiger charge is 2.63. The van der Waals surface area contributed by atoms with Gasteiger partial charge in [-0.3, -0.25) is 0 Å². The lowest BCUT2D eigenvalue weighted by molar-refractivity contribution is -0.124. The molecule has 0 bridgehead atoms. The minimum atomic E-state index is -3.91. The molecule has 0 unspecified atom stereocenters. The number of hydrogen-bond donors (Lipinski definition) is 0. The van der Waals surface area contributed by atoms with Crippen molar-refractivity contribution in [2.24, 2.45) is 21.6 Å². The van der Waals surface area contributed by atoms with Gasteiger partial charge in [-0.25, -0.2) is 0 Å². The summed E-state index contributed by atoms with van der Waals surface area (Å²) in [6.07, 6.45) is 6.45. The first-order valence-corrected chi connectivity index (χ1v) is 15.7. The zero-order chi connectivity index (χ0) is 28.0. The molecular weight excluding hydrogens is 510 g/mol. The number of aryl methyl sites for hydroxylation is 2. The van der Waals surface area contributed by atoms with Crippen molar-refractivity contribution in [1.82, 2.24) is 0 Å². The fourth-order valence-electron chi connectivity index (χ4n) is 7.98. The zero-order valence-corrected chi connectivity index (χ0v) is 25.0. The first-order valence-electron chi connectivity index (χ1n) is 14.3. The molecule has 2 aromatic rings. The molecule has 0 radical (unpaired) electrons. The molecule has 5 rings (SSSR count). The maximum atomic E-state index is 13.3. The molecule has 5 atom stereocenters. The molecule has 0 heterocycles. The summed E-state index contributed by atoms with van der Waals surface area (Å²) in [6, 6.07) is 13.4. The third kappa shape index (κ3) is 5.01. The van der Waals surface area contributed by atoms with Crippen LogP contribution in [0.15, 0.2) is 51.8 Å². The van der Waals surface area contributed by atoms with Gasteiger partial charge in [0.25, 0.3) is 10.0 Å². The van der Waals surface area contributed by atoms with Crippen molar-refractivity contribution < 1.29 is 22.6 Å². The Hall–Kier alpha value is -2.38. The van der Waals surface area contributed by atoms with Crippen LogP contribution in [-0.4, -0.2) is 40.2 Å². The van der Waals surface area contributed by atoms with Gasteiger partial charge in [0.1, 0.15) is 5.75 Å². The largest absolute Gasteiger partial charge is 0.497 e. The number of nitrogens with zero attached hydrogens (tertiary/aromatic N) is 1. The van der Waals surface area contributed by atoms with Crippen LogP contribution in [-0.2, 0) is 25.9 Å². The van der Waals surface area contributed by atoms with Crippen LogP contribution in [0.25, 0.3) is 0 Å². The highest BCUT2D eigenvalue weighted by Crippen LogP contribution is 2.66. The summed E-state index contributed by atoms with van der Waals surface area (Å²) >= 11 is 0. The third-order valence-corrected chi connectivity index (χ3v) is 11.3. The molecule has 2 saturated carbocycles. The maximum absolute atomic E-state index is 13.3. The first-order chi connectivity index (χ1) is 18.5. The van der Waals surface area contributed by atoms with Crippen LogP contribution in [0.5, 0.6) is 5.75 Å². The summed E-state index contributed by atoms with van der Waals surface area (Å²) < 4.78 is 48.9. The molecule has 3 aliphatic rings. The molecule has 39 heavy (non-hydrogen) atoms. The highest BCUT2D eigenvalue weighted by molar-refractivity contribution is 7.90. The quantitative estimate of drug-likeness (QED) is 0.277. The van der Waals surface area contributed by atoms with Gasteiger partial charge in [-0.1, -0.05) is 30.7 Å². The Labute approximate surface area is 234 Å². The fraction of sp³-hybridized carbons (Fsp3) is 0.594. The monoisotopic (exact) mass is 553 g/mol. The minimum Gasteiger partial charge on any atom is -0.497 e. The van der Waals surface area contributed by atoms with Crippen LogP contribution in [0.2, 0.25) is 0 Å². The van der Waals surface area contributed by atoms with Gasteiger partial charge < -0.3 is 14.2 Å². The molecule has 3 aliphatic carbocycles. The second kappa shape index (κ2) is 10.5. The van der Waals surface area contributed by atoms with E-state index >= 15 is 0 Å². The van der Waals surface area contributed by atoms with E-state index in [1.807, 2.05) is 20.8 Å². The van der Waals surface area contributed by atoms with Crippen LogP contribution >= 0.6 is 0 Å².